The first-order chi connectivity index (χ1) is 8.72. The molecule has 18 heavy (non-hydrogen) atoms. The van der Waals surface area contributed by atoms with E-state index in [1.165, 1.54) is 0 Å². The van der Waals surface area contributed by atoms with Gasteiger partial charge in [-0.25, -0.2) is 4.98 Å². The maximum Gasteiger partial charge on any atom is 0.115 e. The molecule has 1 heterocycles. The Labute approximate surface area is 116 Å². The van der Waals surface area contributed by atoms with Crippen LogP contribution in [0.1, 0.15) is 30.0 Å². The molecule has 1 atom stereocenters. The highest BCUT2D eigenvalue weighted by molar-refractivity contribution is 7.80. The fraction of sp³-hybridized carbons (Fsp3) is 0.231. The molecule has 0 aliphatic rings. The van der Waals surface area contributed by atoms with Gasteiger partial charge in [0.1, 0.15) is 10.00 Å². The summed E-state index contributed by atoms with van der Waals surface area (Å²) >= 11 is 6.71. The van der Waals surface area contributed by atoms with Crippen LogP contribution < -0.4 is 11.1 Å². The van der Waals surface area contributed by atoms with E-state index < -0.39 is 0 Å². The summed E-state index contributed by atoms with van der Waals surface area (Å²) in [6, 6.07) is 8.02. The molecule has 0 amide bonds. The smallest absolute Gasteiger partial charge is 0.115 e. The van der Waals surface area contributed by atoms with Crippen molar-refractivity contribution < 1.29 is 0 Å². The number of nitrogens with one attached hydrogen (secondary N) is 1. The summed E-state index contributed by atoms with van der Waals surface area (Å²) in [4.78, 5) is 4.76. The summed E-state index contributed by atoms with van der Waals surface area (Å²) in [5, 5.41) is 6.53. The van der Waals surface area contributed by atoms with Crippen LogP contribution in [-0.4, -0.2) is 9.97 Å². The summed E-state index contributed by atoms with van der Waals surface area (Å²) < 4.78 is 0. The number of anilines is 1. The maximum atomic E-state index is 5.73. The molecule has 1 aromatic carbocycles. The molecule has 0 aliphatic heterocycles. The second-order valence-corrected chi connectivity index (χ2v) is 5.25. The van der Waals surface area contributed by atoms with Gasteiger partial charge >= 0.3 is 0 Å². The van der Waals surface area contributed by atoms with Crippen molar-refractivity contribution in [1.29, 1.82) is 0 Å². The van der Waals surface area contributed by atoms with Crippen LogP contribution in [0.4, 0.5) is 5.69 Å². The number of benzene rings is 1. The SMILES string of the molecule is CCC(Nc1ccccc1C(N)=S)c1nccs1. The van der Waals surface area contributed by atoms with Gasteiger partial charge in [-0.2, -0.15) is 0 Å². The van der Waals surface area contributed by atoms with Gasteiger partial charge in [0, 0.05) is 22.8 Å². The van der Waals surface area contributed by atoms with E-state index >= 15 is 0 Å². The molecule has 1 aromatic heterocycles. The first-order valence-corrected chi connectivity index (χ1v) is 7.06. The Morgan fingerprint density at radius 1 is 1.50 bits per heavy atom. The molecule has 2 rings (SSSR count). The van der Waals surface area contributed by atoms with E-state index in [9.17, 15) is 0 Å². The molecule has 0 saturated carbocycles. The van der Waals surface area contributed by atoms with Crippen molar-refractivity contribution in [2.45, 2.75) is 19.4 Å². The highest BCUT2D eigenvalue weighted by atomic mass is 32.1. The van der Waals surface area contributed by atoms with Crippen LogP contribution in [0, 0.1) is 0 Å². The highest BCUT2D eigenvalue weighted by Gasteiger charge is 2.13. The monoisotopic (exact) mass is 277 g/mol. The molecule has 0 radical (unpaired) electrons. The van der Waals surface area contributed by atoms with Crippen molar-refractivity contribution in [2.75, 3.05) is 5.32 Å². The Hall–Kier alpha value is -1.46. The second-order valence-electron chi connectivity index (χ2n) is 3.89. The van der Waals surface area contributed by atoms with Gasteiger partial charge in [-0.15, -0.1) is 11.3 Å². The number of rotatable bonds is 5. The fourth-order valence-corrected chi connectivity index (χ4v) is 2.71. The molecule has 0 spiro atoms. The van der Waals surface area contributed by atoms with Crippen molar-refractivity contribution in [2.24, 2.45) is 5.73 Å². The lowest BCUT2D eigenvalue weighted by atomic mass is 10.1. The van der Waals surface area contributed by atoms with E-state index in [-0.39, 0.29) is 6.04 Å². The molecule has 1 unspecified atom stereocenters. The quantitative estimate of drug-likeness (QED) is 0.823. The van der Waals surface area contributed by atoms with Crippen LogP contribution in [0.2, 0.25) is 0 Å². The molecular formula is C13H15N3S2. The van der Waals surface area contributed by atoms with Gasteiger partial charge in [0.15, 0.2) is 0 Å². The third-order valence-corrected chi connectivity index (χ3v) is 3.79. The van der Waals surface area contributed by atoms with Crippen LogP contribution >= 0.6 is 23.6 Å². The number of nitrogens with two attached hydrogens (primary N) is 1. The van der Waals surface area contributed by atoms with E-state index in [1.807, 2.05) is 35.8 Å². The van der Waals surface area contributed by atoms with Crippen molar-refractivity contribution in [3.8, 4) is 0 Å². The van der Waals surface area contributed by atoms with Gasteiger partial charge in [0.05, 0.1) is 6.04 Å². The van der Waals surface area contributed by atoms with Crippen molar-refractivity contribution in [1.82, 2.24) is 4.98 Å². The lowest BCUT2D eigenvalue weighted by Gasteiger charge is -2.18. The van der Waals surface area contributed by atoms with Gasteiger partial charge in [-0.05, 0) is 18.6 Å². The number of para-hydroxylation sites is 1. The highest BCUT2D eigenvalue weighted by Crippen LogP contribution is 2.26. The van der Waals surface area contributed by atoms with Crippen LogP contribution in [0.15, 0.2) is 35.8 Å². The van der Waals surface area contributed by atoms with Crippen molar-refractivity contribution in [3.05, 3.63) is 46.4 Å². The third-order valence-electron chi connectivity index (χ3n) is 2.68. The van der Waals surface area contributed by atoms with E-state index in [0.717, 1.165) is 22.7 Å². The Balaban J connectivity index is 2.25. The van der Waals surface area contributed by atoms with E-state index in [1.54, 1.807) is 11.3 Å². The summed E-state index contributed by atoms with van der Waals surface area (Å²) in [6.45, 7) is 2.13. The molecular weight excluding hydrogens is 262 g/mol. The van der Waals surface area contributed by atoms with Gasteiger partial charge in [0.2, 0.25) is 0 Å². The number of thiazole rings is 1. The van der Waals surface area contributed by atoms with Crippen LogP contribution in [0.3, 0.4) is 0 Å². The van der Waals surface area contributed by atoms with Crippen LogP contribution in [0.5, 0.6) is 0 Å². The number of hydrogen-bond donors (Lipinski definition) is 2. The summed E-state index contributed by atoms with van der Waals surface area (Å²) in [7, 11) is 0. The Bertz CT molecular complexity index is 523. The zero-order chi connectivity index (χ0) is 13.0. The maximum absolute atomic E-state index is 5.73. The molecule has 0 saturated heterocycles. The summed E-state index contributed by atoms with van der Waals surface area (Å²) in [5.41, 5.74) is 7.57. The predicted molar refractivity (Wildman–Crippen MR) is 81.1 cm³/mol. The number of thiocarbonyl (C=S) groups is 1. The molecule has 3 nitrogen and oxygen atoms in total. The topological polar surface area (TPSA) is 50.9 Å². The average molecular weight is 277 g/mol. The Morgan fingerprint density at radius 2 is 2.28 bits per heavy atom. The van der Waals surface area contributed by atoms with E-state index in [4.69, 9.17) is 18.0 Å². The van der Waals surface area contributed by atoms with Crippen LogP contribution in [0.25, 0.3) is 0 Å². The normalized spacial score (nSPS) is 12.1. The van der Waals surface area contributed by atoms with Crippen LogP contribution in [-0.2, 0) is 0 Å². The first kappa shape index (κ1) is 13.0. The Morgan fingerprint density at radius 3 is 2.89 bits per heavy atom. The zero-order valence-corrected chi connectivity index (χ0v) is 11.7. The van der Waals surface area contributed by atoms with Crippen molar-refractivity contribution in [3.63, 3.8) is 0 Å². The Kier molecular flexibility index (Phi) is 4.28. The van der Waals surface area contributed by atoms with Gasteiger partial charge in [-0.3, -0.25) is 0 Å². The average Bonchev–Trinajstić information content (AvgIpc) is 2.90. The molecule has 0 bridgehead atoms. The number of nitrogens with zero attached hydrogens (tertiary/aromatic N) is 1. The largest absolute Gasteiger partial charge is 0.389 e. The minimum Gasteiger partial charge on any atom is -0.389 e. The van der Waals surface area contributed by atoms with Gasteiger partial charge < -0.3 is 11.1 Å². The molecule has 94 valence electrons. The van der Waals surface area contributed by atoms with Gasteiger partial charge in [-0.1, -0.05) is 31.3 Å². The summed E-state index contributed by atoms with van der Waals surface area (Å²) in [6.07, 6.45) is 2.78. The molecule has 3 N–H and O–H groups in total. The lowest BCUT2D eigenvalue weighted by Crippen LogP contribution is -2.16. The van der Waals surface area contributed by atoms with Gasteiger partial charge in [0.25, 0.3) is 0 Å². The summed E-state index contributed by atoms with van der Waals surface area (Å²) in [5.74, 6) is 0. The fourth-order valence-electron chi connectivity index (χ4n) is 1.76. The molecule has 0 aliphatic carbocycles. The predicted octanol–water partition coefficient (Wildman–Crippen LogP) is 3.34. The van der Waals surface area contributed by atoms with E-state index in [2.05, 4.69) is 17.2 Å². The zero-order valence-electron chi connectivity index (χ0n) is 10.1. The lowest BCUT2D eigenvalue weighted by molar-refractivity contribution is 0.742. The minimum atomic E-state index is 0.195. The number of aromatic nitrogens is 1. The standard InChI is InChI=1S/C13H15N3S2/c1-2-10(13-15-7-8-18-13)16-11-6-4-3-5-9(11)12(14)17/h3-8,10,16H,2H2,1H3,(H2,14,17). The first-order valence-electron chi connectivity index (χ1n) is 5.77. The van der Waals surface area contributed by atoms with Crippen molar-refractivity contribution >= 4 is 34.2 Å². The molecule has 2 aromatic rings. The molecule has 5 heteroatoms. The minimum absolute atomic E-state index is 0.195. The van der Waals surface area contributed by atoms with E-state index in [0.29, 0.717) is 4.99 Å². The second kappa shape index (κ2) is 5.93. The third kappa shape index (κ3) is 2.86. The number of hydrogen-bond acceptors (Lipinski definition) is 4. The molecule has 0 fully saturated rings.